The van der Waals surface area contributed by atoms with Gasteiger partial charge in [0.25, 0.3) is 5.91 Å². The SMILES string of the molecule is Cn1cnc2c(N3CC4CN(C(=O)c5ccncc5)CC4C3)ncnc21. The zero-order valence-electron chi connectivity index (χ0n) is 14.5. The maximum Gasteiger partial charge on any atom is 0.253 e. The molecule has 0 spiro atoms. The normalized spacial score (nSPS) is 22.2. The highest BCUT2D eigenvalue weighted by Gasteiger charge is 2.42. The Morgan fingerprint density at radius 1 is 1.04 bits per heavy atom. The van der Waals surface area contributed by atoms with Crippen molar-refractivity contribution in [2.24, 2.45) is 18.9 Å². The number of pyridine rings is 1. The molecule has 2 aliphatic rings. The molecule has 2 atom stereocenters. The van der Waals surface area contributed by atoms with Crippen LogP contribution in [0.2, 0.25) is 0 Å². The second-order valence-corrected chi connectivity index (χ2v) is 7.10. The summed E-state index contributed by atoms with van der Waals surface area (Å²) in [5.74, 6) is 1.93. The Labute approximate surface area is 150 Å². The average Bonchev–Trinajstić information content (AvgIpc) is 3.35. The number of carbonyl (C=O) groups is 1. The van der Waals surface area contributed by atoms with Gasteiger partial charge in [-0.1, -0.05) is 0 Å². The molecule has 0 saturated carbocycles. The number of fused-ring (bicyclic) bond motifs is 2. The van der Waals surface area contributed by atoms with Crippen LogP contribution < -0.4 is 4.90 Å². The van der Waals surface area contributed by atoms with Crippen molar-refractivity contribution in [2.75, 3.05) is 31.1 Å². The van der Waals surface area contributed by atoms with E-state index in [4.69, 9.17) is 0 Å². The Morgan fingerprint density at radius 3 is 2.50 bits per heavy atom. The van der Waals surface area contributed by atoms with Gasteiger partial charge in [-0.2, -0.15) is 0 Å². The Hall–Kier alpha value is -3.03. The summed E-state index contributed by atoms with van der Waals surface area (Å²) in [6, 6.07) is 3.56. The molecule has 0 aromatic carbocycles. The Bertz CT molecular complexity index is 956. The van der Waals surface area contributed by atoms with Crippen LogP contribution >= 0.6 is 0 Å². The molecule has 0 bridgehead atoms. The highest BCUT2D eigenvalue weighted by molar-refractivity contribution is 5.94. The van der Waals surface area contributed by atoms with E-state index in [1.54, 1.807) is 37.2 Å². The molecule has 8 heteroatoms. The molecule has 0 radical (unpaired) electrons. The quantitative estimate of drug-likeness (QED) is 0.686. The largest absolute Gasteiger partial charge is 0.354 e. The third-order valence-corrected chi connectivity index (χ3v) is 5.48. The van der Waals surface area contributed by atoms with Crippen LogP contribution in [0.15, 0.2) is 37.2 Å². The molecule has 0 N–H and O–H groups in total. The number of anilines is 1. The number of carbonyl (C=O) groups excluding carboxylic acids is 1. The third kappa shape index (κ3) is 2.33. The minimum Gasteiger partial charge on any atom is -0.354 e. The van der Waals surface area contributed by atoms with E-state index in [0.29, 0.717) is 17.4 Å². The number of aromatic nitrogens is 5. The van der Waals surface area contributed by atoms with Crippen molar-refractivity contribution in [3.05, 3.63) is 42.7 Å². The molecule has 5 rings (SSSR count). The van der Waals surface area contributed by atoms with Gasteiger partial charge in [-0.15, -0.1) is 0 Å². The molecular weight excluding hydrogens is 330 g/mol. The molecule has 2 saturated heterocycles. The van der Waals surface area contributed by atoms with E-state index in [1.807, 2.05) is 16.5 Å². The lowest BCUT2D eigenvalue weighted by atomic mass is 10.0. The van der Waals surface area contributed by atoms with Crippen LogP contribution in [0.4, 0.5) is 5.82 Å². The van der Waals surface area contributed by atoms with E-state index in [1.165, 1.54) is 0 Å². The molecule has 132 valence electrons. The Morgan fingerprint density at radius 2 is 1.77 bits per heavy atom. The zero-order chi connectivity index (χ0) is 17.7. The fourth-order valence-corrected chi connectivity index (χ4v) is 4.17. The molecule has 2 unspecified atom stereocenters. The standard InChI is InChI=1S/C18H19N7O/c1-23-11-22-15-16(23)20-10-21-17(15)24-6-13-8-25(9-14(13)7-24)18(26)12-2-4-19-5-3-12/h2-5,10-11,13-14H,6-9H2,1H3. The summed E-state index contributed by atoms with van der Waals surface area (Å²) in [5, 5.41) is 0. The third-order valence-electron chi connectivity index (χ3n) is 5.48. The molecule has 26 heavy (non-hydrogen) atoms. The summed E-state index contributed by atoms with van der Waals surface area (Å²) in [7, 11) is 1.94. The number of aryl methyl sites for hydroxylation is 1. The topological polar surface area (TPSA) is 80.0 Å². The molecular formula is C18H19N7O. The minimum absolute atomic E-state index is 0.0995. The van der Waals surface area contributed by atoms with Crippen LogP contribution in [0.3, 0.4) is 0 Å². The van der Waals surface area contributed by atoms with Crippen LogP contribution in [0.5, 0.6) is 0 Å². The summed E-state index contributed by atoms with van der Waals surface area (Å²) in [6.45, 7) is 3.37. The van der Waals surface area contributed by atoms with Gasteiger partial charge in [0, 0.05) is 63.0 Å². The van der Waals surface area contributed by atoms with Gasteiger partial charge < -0.3 is 14.4 Å². The van der Waals surface area contributed by atoms with Gasteiger partial charge in [-0.3, -0.25) is 9.78 Å². The lowest BCUT2D eigenvalue weighted by Crippen LogP contribution is -2.33. The van der Waals surface area contributed by atoms with Gasteiger partial charge >= 0.3 is 0 Å². The summed E-state index contributed by atoms with van der Waals surface area (Å²) in [4.78, 5) is 34.2. The van der Waals surface area contributed by atoms with Gasteiger partial charge in [-0.05, 0) is 12.1 Å². The molecule has 1 amide bonds. The molecule has 2 fully saturated rings. The average molecular weight is 349 g/mol. The summed E-state index contributed by atoms with van der Waals surface area (Å²) >= 11 is 0. The number of hydrogen-bond acceptors (Lipinski definition) is 6. The first-order valence-electron chi connectivity index (χ1n) is 8.77. The van der Waals surface area contributed by atoms with Gasteiger partial charge in [0.15, 0.2) is 17.0 Å². The lowest BCUT2D eigenvalue weighted by Gasteiger charge is -2.22. The second-order valence-electron chi connectivity index (χ2n) is 7.10. The van der Waals surface area contributed by atoms with Crippen molar-refractivity contribution in [3.63, 3.8) is 0 Å². The van der Waals surface area contributed by atoms with E-state index in [9.17, 15) is 4.79 Å². The maximum absolute atomic E-state index is 12.7. The van der Waals surface area contributed by atoms with E-state index < -0.39 is 0 Å². The minimum atomic E-state index is 0.0995. The number of hydrogen-bond donors (Lipinski definition) is 0. The molecule has 5 heterocycles. The Kier molecular flexibility index (Phi) is 3.37. The predicted octanol–water partition coefficient (Wildman–Crippen LogP) is 0.967. The van der Waals surface area contributed by atoms with E-state index >= 15 is 0 Å². The van der Waals surface area contributed by atoms with Crippen LogP contribution in [0, 0.1) is 11.8 Å². The highest BCUT2D eigenvalue weighted by Crippen LogP contribution is 2.35. The first kappa shape index (κ1) is 15.2. The van der Waals surface area contributed by atoms with Crippen molar-refractivity contribution in [2.45, 2.75) is 0 Å². The maximum atomic E-state index is 12.7. The predicted molar refractivity (Wildman–Crippen MR) is 95.6 cm³/mol. The Balaban J connectivity index is 1.33. The monoisotopic (exact) mass is 349 g/mol. The van der Waals surface area contributed by atoms with E-state index in [-0.39, 0.29) is 5.91 Å². The van der Waals surface area contributed by atoms with Gasteiger partial charge in [-0.25, -0.2) is 15.0 Å². The smallest absolute Gasteiger partial charge is 0.253 e. The van der Waals surface area contributed by atoms with Crippen LogP contribution in [0.1, 0.15) is 10.4 Å². The first-order chi connectivity index (χ1) is 12.7. The molecule has 0 aliphatic carbocycles. The van der Waals surface area contributed by atoms with Crippen molar-refractivity contribution < 1.29 is 4.79 Å². The second kappa shape index (κ2) is 5.76. The number of nitrogens with zero attached hydrogens (tertiary/aromatic N) is 7. The molecule has 3 aromatic heterocycles. The fourth-order valence-electron chi connectivity index (χ4n) is 4.17. The lowest BCUT2D eigenvalue weighted by molar-refractivity contribution is 0.0782. The number of likely N-dealkylation sites (tertiary alicyclic amines) is 1. The molecule has 2 aliphatic heterocycles. The summed E-state index contributed by atoms with van der Waals surface area (Å²) in [5.41, 5.74) is 2.41. The van der Waals surface area contributed by atoms with Gasteiger partial charge in [0.1, 0.15) is 6.33 Å². The zero-order valence-corrected chi connectivity index (χ0v) is 14.5. The number of imidazole rings is 1. The van der Waals surface area contributed by atoms with Crippen LogP contribution in [-0.4, -0.2) is 61.5 Å². The van der Waals surface area contributed by atoms with Crippen molar-refractivity contribution in [1.29, 1.82) is 0 Å². The number of amides is 1. The van der Waals surface area contributed by atoms with Crippen LogP contribution in [-0.2, 0) is 7.05 Å². The van der Waals surface area contributed by atoms with E-state index in [0.717, 1.165) is 43.2 Å². The van der Waals surface area contributed by atoms with Crippen LogP contribution in [0.25, 0.3) is 11.2 Å². The highest BCUT2D eigenvalue weighted by atomic mass is 16.2. The molecule has 8 nitrogen and oxygen atoms in total. The summed E-state index contributed by atoms with van der Waals surface area (Å²) in [6.07, 6.45) is 6.71. The fraction of sp³-hybridized carbons (Fsp3) is 0.389. The van der Waals surface area contributed by atoms with Crippen molar-refractivity contribution >= 4 is 22.9 Å². The first-order valence-corrected chi connectivity index (χ1v) is 8.77. The number of rotatable bonds is 2. The summed E-state index contributed by atoms with van der Waals surface area (Å²) < 4.78 is 1.91. The van der Waals surface area contributed by atoms with E-state index in [2.05, 4.69) is 24.8 Å². The van der Waals surface area contributed by atoms with Gasteiger partial charge in [0.05, 0.1) is 6.33 Å². The van der Waals surface area contributed by atoms with Crippen molar-refractivity contribution in [1.82, 2.24) is 29.4 Å². The molecule has 3 aromatic rings. The van der Waals surface area contributed by atoms with Gasteiger partial charge in [0.2, 0.25) is 0 Å². The van der Waals surface area contributed by atoms with Crippen molar-refractivity contribution in [3.8, 4) is 0 Å².